The molecule has 2 aliphatic rings. The van der Waals surface area contributed by atoms with Crippen LogP contribution < -0.4 is 5.32 Å². The molecule has 28 heavy (non-hydrogen) atoms. The lowest BCUT2D eigenvalue weighted by atomic mass is 9.82. The van der Waals surface area contributed by atoms with Crippen LogP contribution in [0.5, 0.6) is 0 Å². The molecule has 0 spiro atoms. The topological polar surface area (TPSA) is 49.4 Å². The summed E-state index contributed by atoms with van der Waals surface area (Å²) >= 11 is 0. The minimum absolute atomic E-state index is 0.0997. The number of likely N-dealkylation sites (tertiary alicyclic amines) is 1. The molecule has 4 heteroatoms. The van der Waals surface area contributed by atoms with E-state index in [1.165, 1.54) is 16.7 Å². The van der Waals surface area contributed by atoms with Crippen molar-refractivity contribution < 1.29 is 9.59 Å². The van der Waals surface area contributed by atoms with E-state index in [9.17, 15) is 9.59 Å². The average molecular weight is 377 g/mol. The minimum Gasteiger partial charge on any atom is -0.353 e. The zero-order valence-corrected chi connectivity index (χ0v) is 16.4. The van der Waals surface area contributed by atoms with Gasteiger partial charge in [0.1, 0.15) is 0 Å². The van der Waals surface area contributed by atoms with Crippen molar-refractivity contribution in [3.63, 3.8) is 0 Å². The molecule has 2 unspecified atom stereocenters. The Balaban J connectivity index is 1.34. The molecular formula is C24H28N2O2. The molecule has 2 fully saturated rings. The first-order valence-electron chi connectivity index (χ1n) is 10.3. The highest BCUT2D eigenvalue weighted by Crippen LogP contribution is 2.33. The van der Waals surface area contributed by atoms with Crippen LogP contribution in [0.1, 0.15) is 31.7 Å². The second kappa shape index (κ2) is 8.17. The van der Waals surface area contributed by atoms with Crippen molar-refractivity contribution in [3.05, 3.63) is 60.2 Å². The van der Waals surface area contributed by atoms with Crippen molar-refractivity contribution in [2.75, 3.05) is 13.1 Å². The molecule has 2 heterocycles. The molecule has 2 saturated heterocycles. The van der Waals surface area contributed by atoms with Crippen molar-refractivity contribution >= 4 is 11.8 Å². The summed E-state index contributed by atoms with van der Waals surface area (Å²) in [5.74, 6) is 0.849. The number of amides is 2. The summed E-state index contributed by atoms with van der Waals surface area (Å²) in [5.41, 5.74) is 3.70. The normalized spacial score (nSPS) is 22.9. The maximum atomic E-state index is 12.5. The van der Waals surface area contributed by atoms with E-state index >= 15 is 0 Å². The molecule has 4 nitrogen and oxygen atoms in total. The zero-order valence-electron chi connectivity index (χ0n) is 16.4. The fourth-order valence-corrected chi connectivity index (χ4v) is 4.69. The molecule has 0 aliphatic carbocycles. The monoisotopic (exact) mass is 376 g/mol. The van der Waals surface area contributed by atoms with Crippen LogP contribution in [0.25, 0.3) is 11.1 Å². The Hall–Kier alpha value is -2.62. The van der Waals surface area contributed by atoms with Gasteiger partial charge in [0.15, 0.2) is 0 Å². The predicted molar refractivity (Wildman–Crippen MR) is 111 cm³/mol. The van der Waals surface area contributed by atoms with E-state index in [1.807, 2.05) is 11.0 Å². The van der Waals surface area contributed by atoms with Gasteiger partial charge in [0, 0.05) is 32.0 Å². The van der Waals surface area contributed by atoms with Crippen LogP contribution in [0.4, 0.5) is 0 Å². The fraction of sp³-hybridized carbons (Fsp3) is 0.417. The first kappa shape index (κ1) is 18.7. The first-order chi connectivity index (χ1) is 13.6. The van der Waals surface area contributed by atoms with Gasteiger partial charge in [-0.1, -0.05) is 54.6 Å². The Kier molecular flexibility index (Phi) is 5.47. The molecule has 1 N–H and O–H groups in total. The Morgan fingerprint density at radius 1 is 1.00 bits per heavy atom. The van der Waals surface area contributed by atoms with Crippen molar-refractivity contribution in [3.8, 4) is 11.1 Å². The van der Waals surface area contributed by atoms with Gasteiger partial charge < -0.3 is 10.2 Å². The lowest BCUT2D eigenvalue weighted by Crippen LogP contribution is -2.40. The molecular weight excluding hydrogens is 348 g/mol. The third-order valence-corrected chi connectivity index (χ3v) is 6.32. The van der Waals surface area contributed by atoms with E-state index in [-0.39, 0.29) is 23.8 Å². The molecule has 4 rings (SSSR count). The Morgan fingerprint density at radius 3 is 2.29 bits per heavy atom. The number of nitrogens with one attached hydrogen (secondary N) is 1. The van der Waals surface area contributed by atoms with Crippen molar-refractivity contribution in [1.82, 2.24) is 10.2 Å². The SMILES string of the molecule is CC(=O)N1CCC(C2CC(Cc3ccc(-c4ccccc4)cc3)NC2=O)CC1. The largest absolute Gasteiger partial charge is 0.353 e. The number of nitrogens with zero attached hydrogens (tertiary/aromatic N) is 1. The van der Waals surface area contributed by atoms with Crippen LogP contribution in [0.2, 0.25) is 0 Å². The molecule has 2 aromatic carbocycles. The molecule has 2 atom stereocenters. The van der Waals surface area contributed by atoms with Gasteiger partial charge in [-0.3, -0.25) is 9.59 Å². The standard InChI is InChI=1S/C24H28N2O2/c1-17(27)26-13-11-21(12-14-26)23-16-22(25-24(23)28)15-18-7-9-20(10-8-18)19-5-3-2-4-6-19/h2-10,21-23H,11-16H2,1H3,(H,25,28). The van der Waals surface area contributed by atoms with E-state index < -0.39 is 0 Å². The van der Waals surface area contributed by atoms with Crippen LogP contribution in [-0.4, -0.2) is 35.8 Å². The second-order valence-corrected chi connectivity index (χ2v) is 8.16. The number of carbonyl (C=O) groups is 2. The summed E-state index contributed by atoms with van der Waals surface area (Å²) in [6.45, 7) is 3.20. The molecule has 146 valence electrons. The lowest BCUT2D eigenvalue weighted by Gasteiger charge is -2.33. The number of carbonyl (C=O) groups excluding carboxylic acids is 2. The number of benzene rings is 2. The van der Waals surface area contributed by atoms with Gasteiger partial charge in [-0.05, 0) is 48.3 Å². The first-order valence-corrected chi connectivity index (χ1v) is 10.3. The molecule has 0 radical (unpaired) electrons. The Morgan fingerprint density at radius 2 is 1.64 bits per heavy atom. The summed E-state index contributed by atoms with van der Waals surface area (Å²) in [6, 6.07) is 19.3. The van der Waals surface area contributed by atoms with Gasteiger partial charge in [0.05, 0.1) is 0 Å². The summed E-state index contributed by atoms with van der Waals surface area (Å²) in [6.07, 6.45) is 3.67. The fourth-order valence-electron chi connectivity index (χ4n) is 4.69. The Labute approximate surface area is 166 Å². The zero-order chi connectivity index (χ0) is 19.5. The quantitative estimate of drug-likeness (QED) is 0.885. The van der Waals surface area contributed by atoms with E-state index in [1.54, 1.807) is 6.92 Å². The van der Waals surface area contributed by atoms with E-state index in [0.29, 0.717) is 5.92 Å². The van der Waals surface area contributed by atoms with Gasteiger partial charge >= 0.3 is 0 Å². The summed E-state index contributed by atoms with van der Waals surface area (Å²) in [5, 5.41) is 3.21. The summed E-state index contributed by atoms with van der Waals surface area (Å²) in [7, 11) is 0. The van der Waals surface area contributed by atoms with Gasteiger partial charge in [0.2, 0.25) is 11.8 Å². The third kappa shape index (κ3) is 4.11. The van der Waals surface area contributed by atoms with Crippen LogP contribution >= 0.6 is 0 Å². The van der Waals surface area contributed by atoms with Gasteiger partial charge in [0.25, 0.3) is 0 Å². The van der Waals surface area contributed by atoms with Gasteiger partial charge in [-0.15, -0.1) is 0 Å². The second-order valence-electron chi connectivity index (χ2n) is 8.16. The van der Waals surface area contributed by atoms with Crippen molar-refractivity contribution in [2.45, 2.75) is 38.6 Å². The highest BCUT2D eigenvalue weighted by Gasteiger charge is 2.38. The van der Waals surface area contributed by atoms with Gasteiger partial charge in [-0.25, -0.2) is 0 Å². The minimum atomic E-state index is 0.0997. The van der Waals surface area contributed by atoms with Crippen LogP contribution in [0, 0.1) is 11.8 Å². The predicted octanol–water partition coefficient (Wildman–Crippen LogP) is 3.66. The molecule has 2 aromatic rings. The van der Waals surface area contributed by atoms with Crippen LogP contribution in [0.3, 0.4) is 0 Å². The smallest absolute Gasteiger partial charge is 0.223 e. The van der Waals surface area contributed by atoms with E-state index in [0.717, 1.165) is 38.8 Å². The maximum absolute atomic E-state index is 12.5. The average Bonchev–Trinajstić information content (AvgIpc) is 3.09. The molecule has 0 bridgehead atoms. The number of hydrogen-bond donors (Lipinski definition) is 1. The van der Waals surface area contributed by atoms with Crippen LogP contribution in [0.15, 0.2) is 54.6 Å². The van der Waals surface area contributed by atoms with Crippen molar-refractivity contribution in [1.29, 1.82) is 0 Å². The molecule has 0 saturated carbocycles. The lowest BCUT2D eigenvalue weighted by molar-refractivity contribution is -0.130. The highest BCUT2D eigenvalue weighted by atomic mass is 16.2. The number of hydrogen-bond acceptors (Lipinski definition) is 2. The van der Waals surface area contributed by atoms with Gasteiger partial charge in [-0.2, -0.15) is 0 Å². The maximum Gasteiger partial charge on any atom is 0.223 e. The highest BCUT2D eigenvalue weighted by molar-refractivity contribution is 5.81. The molecule has 2 aliphatic heterocycles. The van der Waals surface area contributed by atoms with Crippen LogP contribution in [-0.2, 0) is 16.0 Å². The summed E-state index contributed by atoms with van der Waals surface area (Å²) < 4.78 is 0. The van der Waals surface area contributed by atoms with Crippen molar-refractivity contribution in [2.24, 2.45) is 11.8 Å². The van der Waals surface area contributed by atoms with E-state index in [2.05, 4.69) is 53.8 Å². The van der Waals surface area contributed by atoms with E-state index in [4.69, 9.17) is 0 Å². The summed E-state index contributed by atoms with van der Waals surface area (Å²) in [4.78, 5) is 25.9. The third-order valence-electron chi connectivity index (χ3n) is 6.32. The number of rotatable bonds is 4. The molecule has 2 amide bonds. The number of piperidine rings is 1. The molecule has 0 aromatic heterocycles. The Bertz CT molecular complexity index is 823.